The van der Waals surface area contributed by atoms with Crippen molar-refractivity contribution < 1.29 is 18.1 Å². The SMILES string of the molecule is O=c1ccc2cnc(Nc3cccc([N+](=O)[O-])c3)nc2n1CC(F)(F)F. The molecule has 2 aromatic heterocycles. The number of rotatable bonds is 4. The molecule has 1 N–H and O–H groups in total. The van der Waals surface area contributed by atoms with E-state index in [4.69, 9.17) is 0 Å². The summed E-state index contributed by atoms with van der Waals surface area (Å²) in [5.74, 6) is -0.0977. The maximum absolute atomic E-state index is 12.7. The Kier molecular flexibility index (Phi) is 4.28. The van der Waals surface area contributed by atoms with Crippen molar-refractivity contribution in [3.05, 3.63) is 63.1 Å². The number of hydrogen-bond acceptors (Lipinski definition) is 6. The highest BCUT2D eigenvalue weighted by molar-refractivity contribution is 5.75. The molecule has 26 heavy (non-hydrogen) atoms. The van der Waals surface area contributed by atoms with Crippen molar-refractivity contribution >= 4 is 28.4 Å². The number of fused-ring (bicyclic) bond motifs is 1. The normalized spacial score (nSPS) is 11.5. The van der Waals surface area contributed by atoms with E-state index in [-0.39, 0.29) is 28.4 Å². The van der Waals surface area contributed by atoms with Crippen LogP contribution in [0.4, 0.5) is 30.5 Å². The molecule has 0 atom stereocenters. The second-order valence-corrected chi connectivity index (χ2v) is 5.28. The topological polar surface area (TPSA) is 103 Å². The van der Waals surface area contributed by atoms with Crippen LogP contribution in [-0.2, 0) is 6.54 Å². The third kappa shape index (κ3) is 3.77. The van der Waals surface area contributed by atoms with Gasteiger partial charge in [0, 0.05) is 35.5 Å². The number of nitro benzene ring substituents is 1. The summed E-state index contributed by atoms with van der Waals surface area (Å²) in [6.45, 7) is -1.49. The first kappa shape index (κ1) is 17.3. The molecule has 0 amide bonds. The van der Waals surface area contributed by atoms with Crippen molar-refractivity contribution in [1.29, 1.82) is 0 Å². The minimum absolute atomic E-state index is 0.0977. The summed E-state index contributed by atoms with van der Waals surface area (Å²) in [5.41, 5.74) is -0.948. The molecule has 0 unspecified atom stereocenters. The van der Waals surface area contributed by atoms with E-state index in [1.807, 2.05) is 0 Å². The maximum atomic E-state index is 12.7. The van der Waals surface area contributed by atoms with Gasteiger partial charge in [-0.3, -0.25) is 19.5 Å². The minimum Gasteiger partial charge on any atom is -0.324 e. The van der Waals surface area contributed by atoms with Gasteiger partial charge in [0.15, 0.2) is 0 Å². The highest BCUT2D eigenvalue weighted by Crippen LogP contribution is 2.22. The number of alkyl halides is 3. The molecule has 11 heteroatoms. The molecular weight excluding hydrogens is 355 g/mol. The van der Waals surface area contributed by atoms with Crippen LogP contribution in [-0.4, -0.2) is 25.6 Å². The van der Waals surface area contributed by atoms with Gasteiger partial charge in [-0.05, 0) is 12.1 Å². The monoisotopic (exact) mass is 365 g/mol. The number of nitrogens with one attached hydrogen (secondary N) is 1. The third-order valence-corrected chi connectivity index (χ3v) is 3.37. The average Bonchev–Trinajstić information content (AvgIpc) is 2.57. The first-order valence-electron chi connectivity index (χ1n) is 7.18. The fraction of sp³-hybridized carbons (Fsp3) is 0.133. The first-order valence-corrected chi connectivity index (χ1v) is 7.18. The molecule has 0 radical (unpaired) electrons. The van der Waals surface area contributed by atoms with E-state index in [0.717, 1.165) is 6.07 Å². The Balaban J connectivity index is 2.03. The first-order chi connectivity index (χ1) is 12.2. The summed E-state index contributed by atoms with van der Waals surface area (Å²) in [7, 11) is 0. The standard InChI is InChI=1S/C15H10F3N5O3/c16-15(17,18)8-22-12(24)5-4-9-7-19-14(21-13(9)22)20-10-2-1-3-11(6-10)23(25)26/h1-7H,8H2,(H,19,20,21). The Hall–Kier alpha value is -3.50. The molecule has 134 valence electrons. The van der Waals surface area contributed by atoms with Crippen LogP contribution in [0.15, 0.2) is 47.4 Å². The molecular formula is C15H10F3N5O3. The zero-order valence-corrected chi connectivity index (χ0v) is 12.9. The second-order valence-electron chi connectivity index (χ2n) is 5.28. The van der Waals surface area contributed by atoms with Crippen molar-refractivity contribution in [2.24, 2.45) is 0 Å². The van der Waals surface area contributed by atoms with Gasteiger partial charge in [0.25, 0.3) is 11.2 Å². The zero-order valence-electron chi connectivity index (χ0n) is 12.9. The maximum Gasteiger partial charge on any atom is 0.406 e. The van der Waals surface area contributed by atoms with Crippen LogP contribution in [0, 0.1) is 10.1 Å². The highest BCUT2D eigenvalue weighted by atomic mass is 19.4. The number of nitro groups is 1. The number of nitrogens with zero attached hydrogens (tertiary/aromatic N) is 4. The molecule has 0 spiro atoms. The van der Waals surface area contributed by atoms with Crippen LogP contribution >= 0.6 is 0 Å². The van der Waals surface area contributed by atoms with Gasteiger partial charge in [0.05, 0.1) is 4.92 Å². The summed E-state index contributed by atoms with van der Waals surface area (Å²) >= 11 is 0. The van der Waals surface area contributed by atoms with E-state index in [9.17, 15) is 28.1 Å². The van der Waals surface area contributed by atoms with E-state index in [1.165, 1.54) is 36.5 Å². The average molecular weight is 365 g/mol. The highest BCUT2D eigenvalue weighted by Gasteiger charge is 2.29. The number of hydrogen-bond donors (Lipinski definition) is 1. The molecule has 3 aromatic rings. The zero-order chi connectivity index (χ0) is 18.9. The van der Waals surface area contributed by atoms with Gasteiger partial charge >= 0.3 is 6.18 Å². The number of aromatic nitrogens is 3. The molecule has 8 nitrogen and oxygen atoms in total. The van der Waals surface area contributed by atoms with Gasteiger partial charge in [-0.15, -0.1) is 0 Å². The van der Waals surface area contributed by atoms with Crippen molar-refractivity contribution in [1.82, 2.24) is 14.5 Å². The largest absolute Gasteiger partial charge is 0.406 e. The van der Waals surface area contributed by atoms with Crippen molar-refractivity contribution in [2.75, 3.05) is 5.32 Å². The smallest absolute Gasteiger partial charge is 0.324 e. The fourth-order valence-electron chi connectivity index (χ4n) is 2.29. The molecule has 1 aromatic carbocycles. The molecule has 0 saturated heterocycles. The van der Waals surface area contributed by atoms with Gasteiger partial charge in [0.2, 0.25) is 5.95 Å². The molecule has 0 saturated carbocycles. The van der Waals surface area contributed by atoms with Crippen LogP contribution in [0.2, 0.25) is 0 Å². The predicted octanol–water partition coefficient (Wildman–Crippen LogP) is 3.01. The minimum atomic E-state index is -4.60. The van der Waals surface area contributed by atoms with Gasteiger partial charge < -0.3 is 5.32 Å². The van der Waals surface area contributed by atoms with Gasteiger partial charge in [0.1, 0.15) is 12.2 Å². The van der Waals surface area contributed by atoms with Crippen molar-refractivity contribution in [2.45, 2.75) is 12.7 Å². The molecule has 0 aliphatic rings. The predicted molar refractivity (Wildman–Crippen MR) is 86.2 cm³/mol. The lowest BCUT2D eigenvalue weighted by atomic mass is 10.3. The van der Waals surface area contributed by atoms with E-state index in [2.05, 4.69) is 15.3 Å². The van der Waals surface area contributed by atoms with Crippen molar-refractivity contribution in [3.8, 4) is 0 Å². The van der Waals surface area contributed by atoms with Crippen LogP contribution in [0.1, 0.15) is 0 Å². The van der Waals surface area contributed by atoms with Gasteiger partial charge in [-0.1, -0.05) is 6.07 Å². The summed E-state index contributed by atoms with van der Waals surface area (Å²) in [6, 6.07) is 7.77. The second kappa shape index (κ2) is 6.43. The van der Waals surface area contributed by atoms with Gasteiger partial charge in [-0.2, -0.15) is 18.2 Å². The Morgan fingerprint density at radius 1 is 1.23 bits per heavy atom. The summed E-state index contributed by atoms with van der Waals surface area (Å²) in [4.78, 5) is 29.9. The molecule has 0 fully saturated rings. The lowest BCUT2D eigenvalue weighted by molar-refractivity contribution is -0.384. The number of halogens is 3. The third-order valence-electron chi connectivity index (χ3n) is 3.37. The molecule has 0 aliphatic carbocycles. The van der Waals surface area contributed by atoms with Crippen LogP contribution in [0.3, 0.4) is 0 Å². The Morgan fingerprint density at radius 3 is 2.69 bits per heavy atom. The van der Waals surface area contributed by atoms with Crippen LogP contribution in [0.5, 0.6) is 0 Å². The summed E-state index contributed by atoms with van der Waals surface area (Å²) in [6.07, 6.45) is -3.34. The number of benzene rings is 1. The van der Waals surface area contributed by atoms with E-state index >= 15 is 0 Å². The molecule has 0 bridgehead atoms. The van der Waals surface area contributed by atoms with E-state index < -0.39 is 23.2 Å². The Labute approximate surface area is 143 Å². The van der Waals surface area contributed by atoms with Crippen LogP contribution < -0.4 is 10.9 Å². The number of anilines is 2. The Morgan fingerprint density at radius 2 is 2.00 bits per heavy atom. The molecule has 3 rings (SSSR count). The quantitative estimate of drug-likeness (QED) is 0.563. The Bertz CT molecular complexity index is 1050. The summed E-state index contributed by atoms with van der Waals surface area (Å²) in [5, 5.41) is 13.7. The number of non-ortho nitro benzene ring substituents is 1. The van der Waals surface area contributed by atoms with Crippen molar-refractivity contribution in [3.63, 3.8) is 0 Å². The van der Waals surface area contributed by atoms with Gasteiger partial charge in [-0.25, -0.2) is 4.98 Å². The van der Waals surface area contributed by atoms with Crippen LogP contribution in [0.25, 0.3) is 11.0 Å². The molecule has 0 aliphatic heterocycles. The van der Waals surface area contributed by atoms with E-state index in [1.54, 1.807) is 0 Å². The lowest BCUT2D eigenvalue weighted by Crippen LogP contribution is -2.28. The lowest BCUT2D eigenvalue weighted by Gasteiger charge is -2.12. The molecule has 2 heterocycles. The summed E-state index contributed by atoms with van der Waals surface area (Å²) < 4.78 is 38.7. The fourth-order valence-corrected chi connectivity index (χ4v) is 2.29. The number of pyridine rings is 1. The van der Waals surface area contributed by atoms with E-state index in [0.29, 0.717) is 4.57 Å².